The van der Waals surface area contributed by atoms with E-state index < -0.39 is 41.4 Å². The summed E-state index contributed by atoms with van der Waals surface area (Å²) in [6.07, 6.45) is 0.869. The van der Waals surface area contributed by atoms with Gasteiger partial charge >= 0.3 is 6.09 Å². The number of amides is 4. The van der Waals surface area contributed by atoms with Gasteiger partial charge in [-0.2, -0.15) is 0 Å². The summed E-state index contributed by atoms with van der Waals surface area (Å²) < 4.78 is 5.39. The quantitative estimate of drug-likeness (QED) is 0.237. The monoisotopic (exact) mass is 575 g/mol. The highest BCUT2D eigenvalue weighted by molar-refractivity contribution is 5.98. The first-order valence-corrected chi connectivity index (χ1v) is 14.5. The molecule has 2 aromatic carbocycles. The number of para-hydroxylation sites is 1. The second kappa shape index (κ2) is 13.1. The van der Waals surface area contributed by atoms with Crippen LogP contribution in [0.4, 0.5) is 4.79 Å². The van der Waals surface area contributed by atoms with Crippen LogP contribution >= 0.6 is 0 Å². The summed E-state index contributed by atoms with van der Waals surface area (Å²) in [6.45, 7) is 7.42. The van der Waals surface area contributed by atoms with E-state index in [4.69, 9.17) is 10.5 Å². The third-order valence-corrected chi connectivity index (χ3v) is 8.22. The molecule has 1 aromatic heterocycles. The molecule has 0 bridgehead atoms. The lowest BCUT2D eigenvalue weighted by Crippen LogP contribution is -2.67. The van der Waals surface area contributed by atoms with Crippen molar-refractivity contribution in [2.24, 2.45) is 17.6 Å². The molecule has 1 aliphatic carbocycles. The van der Waals surface area contributed by atoms with E-state index in [0.717, 1.165) is 27.7 Å². The zero-order valence-corrected chi connectivity index (χ0v) is 24.7. The molecular weight excluding hydrogens is 534 g/mol. The average molecular weight is 576 g/mol. The van der Waals surface area contributed by atoms with Crippen molar-refractivity contribution >= 4 is 34.7 Å². The van der Waals surface area contributed by atoms with E-state index in [0.29, 0.717) is 19.3 Å². The van der Waals surface area contributed by atoms with Crippen molar-refractivity contribution in [3.8, 4) is 0 Å². The molecule has 0 radical (unpaired) electrons. The Morgan fingerprint density at radius 1 is 0.976 bits per heavy atom. The molecule has 4 atom stereocenters. The summed E-state index contributed by atoms with van der Waals surface area (Å²) in [4.78, 5) is 56.4. The Labute approximate surface area is 246 Å². The maximum Gasteiger partial charge on any atom is 0.408 e. The van der Waals surface area contributed by atoms with Gasteiger partial charge in [0.05, 0.1) is 0 Å². The van der Waals surface area contributed by atoms with Crippen molar-refractivity contribution in [2.45, 2.75) is 77.6 Å². The molecule has 10 heteroatoms. The molecule has 42 heavy (non-hydrogen) atoms. The van der Waals surface area contributed by atoms with Crippen LogP contribution in [0.3, 0.4) is 0 Å². The third kappa shape index (κ3) is 6.75. The number of nitrogens with two attached hydrogens (primary N) is 1. The first-order chi connectivity index (χ1) is 20.0. The predicted molar refractivity (Wildman–Crippen MR) is 160 cm³/mol. The number of H-pyrrole nitrogens is 1. The van der Waals surface area contributed by atoms with Gasteiger partial charge in [0.1, 0.15) is 24.2 Å². The summed E-state index contributed by atoms with van der Waals surface area (Å²) >= 11 is 0. The summed E-state index contributed by atoms with van der Waals surface area (Å²) in [6, 6.07) is 15.2. The summed E-state index contributed by atoms with van der Waals surface area (Å²) in [7, 11) is 0. The Morgan fingerprint density at radius 3 is 2.33 bits per heavy atom. The number of alkyl carbamates (subject to hydrolysis) is 1. The summed E-state index contributed by atoms with van der Waals surface area (Å²) in [5, 5.41) is 9.52. The van der Waals surface area contributed by atoms with Crippen molar-refractivity contribution in [3.63, 3.8) is 0 Å². The zero-order chi connectivity index (χ0) is 30.4. The Kier molecular flexibility index (Phi) is 9.55. The maximum atomic E-state index is 14.0. The van der Waals surface area contributed by atoms with E-state index in [9.17, 15) is 19.2 Å². The van der Waals surface area contributed by atoms with Gasteiger partial charge in [-0.25, -0.2) is 4.79 Å². The summed E-state index contributed by atoms with van der Waals surface area (Å²) in [5.74, 6) is -2.14. The first kappa shape index (κ1) is 30.6. The van der Waals surface area contributed by atoms with Gasteiger partial charge in [-0.05, 0) is 41.9 Å². The number of hydrogen-bond acceptors (Lipinski definition) is 5. The van der Waals surface area contributed by atoms with Gasteiger partial charge in [-0.15, -0.1) is 0 Å². The molecule has 0 fully saturated rings. The minimum Gasteiger partial charge on any atom is -0.445 e. The van der Waals surface area contributed by atoms with Gasteiger partial charge in [0.2, 0.25) is 17.7 Å². The molecule has 10 nitrogen and oxygen atoms in total. The zero-order valence-electron chi connectivity index (χ0n) is 24.7. The largest absolute Gasteiger partial charge is 0.445 e. The van der Waals surface area contributed by atoms with Crippen LogP contribution in [-0.2, 0) is 38.6 Å². The lowest BCUT2D eigenvalue weighted by Gasteiger charge is -2.39. The van der Waals surface area contributed by atoms with E-state index in [1.165, 1.54) is 0 Å². The lowest BCUT2D eigenvalue weighted by atomic mass is 9.78. The SMILES string of the molecule is CCC(C)C(NC(=O)OCc1ccccc1)C(=O)NC1(C(=O)NC(C(N)=O)C(C)C)CCc2[nH]c3ccccc3c2C1. The Morgan fingerprint density at radius 2 is 1.67 bits per heavy atom. The van der Waals surface area contributed by atoms with Crippen LogP contribution in [0.1, 0.15) is 57.4 Å². The first-order valence-electron chi connectivity index (χ1n) is 14.5. The van der Waals surface area contributed by atoms with Gasteiger partial charge in [-0.1, -0.05) is 82.6 Å². The number of aryl methyl sites for hydroxylation is 1. The molecule has 4 rings (SSSR count). The van der Waals surface area contributed by atoms with Gasteiger partial charge in [0.25, 0.3) is 0 Å². The van der Waals surface area contributed by atoms with Crippen LogP contribution in [0.25, 0.3) is 10.9 Å². The number of nitrogens with one attached hydrogen (secondary N) is 4. The summed E-state index contributed by atoms with van der Waals surface area (Å²) in [5.41, 5.74) is 7.95. The molecule has 6 N–H and O–H groups in total. The fourth-order valence-electron chi connectivity index (χ4n) is 5.51. The Hall–Kier alpha value is -4.34. The number of hydrogen-bond donors (Lipinski definition) is 5. The van der Waals surface area contributed by atoms with E-state index in [1.807, 2.05) is 68.4 Å². The van der Waals surface area contributed by atoms with E-state index in [2.05, 4.69) is 20.9 Å². The number of benzene rings is 2. The van der Waals surface area contributed by atoms with Gasteiger partial charge < -0.3 is 31.4 Å². The van der Waals surface area contributed by atoms with Crippen LogP contribution in [0.2, 0.25) is 0 Å². The minimum atomic E-state index is -1.38. The standard InChI is InChI=1S/C32H41N5O5/c1-5-20(4)27(36-31(41)42-18-21-11-7-6-8-12-21)29(39)37-32(30(40)35-26(19(2)3)28(33)38)16-15-25-23(17-32)22-13-9-10-14-24(22)34-25/h6-14,19-20,26-27,34H,5,15-18H2,1-4H3,(H2,33,38)(H,35,40)(H,36,41)(H,37,39). The van der Waals surface area contributed by atoms with Crippen LogP contribution in [0.5, 0.6) is 0 Å². The Balaban J connectivity index is 1.61. The van der Waals surface area contributed by atoms with Crippen molar-refractivity contribution in [1.82, 2.24) is 20.9 Å². The highest BCUT2D eigenvalue weighted by atomic mass is 16.5. The molecule has 4 amide bonds. The molecular formula is C32H41N5O5. The number of aromatic nitrogens is 1. The van der Waals surface area contributed by atoms with E-state index >= 15 is 0 Å². The number of ether oxygens (including phenoxy) is 1. The fraction of sp³-hybridized carbons (Fsp3) is 0.438. The molecule has 0 aliphatic heterocycles. The maximum absolute atomic E-state index is 14.0. The second-order valence-electron chi connectivity index (χ2n) is 11.5. The van der Waals surface area contributed by atoms with Gasteiger partial charge in [0.15, 0.2) is 0 Å². The van der Waals surface area contributed by atoms with Crippen molar-refractivity contribution in [3.05, 3.63) is 71.4 Å². The Bertz CT molecular complexity index is 1440. The smallest absolute Gasteiger partial charge is 0.408 e. The van der Waals surface area contributed by atoms with E-state index in [-0.39, 0.29) is 24.9 Å². The average Bonchev–Trinajstić information content (AvgIpc) is 3.34. The number of primary amides is 1. The molecule has 1 aliphatic rings. The molecule has 4 unspecified atom stereocenters. The number of rotatable bonds is 11. The van der Waals surface area contributed by atoms with Crippen molar-refractivity contribution in [1.29, 1.82) is 0 Å². The normalized spacial score (nSPS) is 18.4. The molecule has 0 saturated heterocycles. The molecule has 0 saturated carbocycles. The molecule has 3 aromatic rings. The van der Waals surface area contributed by atoms with Crippen molar-refractivity contribution in [2.75, 3.05) is 0 Å². The lowest BCUT2D eigenvalue weighted by molar-refractivity contribution is -0.137. The fourth-order valence-corrected chi connectivity index (χ4v) is 5.51. The molecule has 1 heterocycles. The van der Waals surface area contributed by atoms with Gasteiger partial charge in [-0.3, -0.25) is 14.4 Å². The number of aromatic amines is 1. The molecule has 224 valence electrons. The van der Waals surface area contributed by atoms with Crippen LogP contribution in [0, 0.1) is 11.8 Å². The van der Waals surface area contributed by atoms with Crippen LogP contribution in [0.15, 0.2) is 54.6 Å². The number of fused-ring (bicyclic) bond motifs is 3. The number of carbonyl (C=O) groups excluding carboxylic acids is 4. The molecule has 0 spiro atoms. The highest BCUT2D eigenvalue weighted by Crippen LogP contribution is 2.34. The topological polar surface area (TPSA) is 155 Å². The van der Waals surface area contributed by atoms with Crippen molar-refractivity contribution < 1.29 is 23.9 Å². The van der Waals surface area contributed by atoms with Crippen LogP contribution in [-0.4, -0.2) is 46.4 Å². The third-order valence-electron chi connectivity index (χ3n) is 8.22. The van der Waals surface area contributed by atoms with Crippen LogP contribution < -0.4 is 21.7 Å². The highest BCUT2D eigenvalue weighted by Gasteiger charge is 2.46. The van der Waals surface area contributed by atoms with E-state index in [1.54, 1.807) is 13.8 Å². The second-order valence-corrected chi connectivity index (χ2v) is 11.5. The van der Waals surface area contributed by atoms with Gasteiger partial charge in [0, 0.05) is 23.0 Å². The number of carbonyl (C=O) groups is 4. The minimum absolute atomic E-state index is 0.0565. The predicted octanol–water partition coefficient (Wildman–Crippen LogP) is 3.48.